The van der Waals surface area contributed by atoms with Crippen molar-refractivity contribution >= 4 is 26.7 Å². The highest BCUT2D eigenvalue weighted by atomic mass is 32.1. The topological polar surface area (TPSA) is 28.2 Å². The molecule has 1 N–H and O–H groups in total. The van der Waals surface area contributed by atoms with Crippen molar-refractivity contribution in [1.29, 1.82) is 0 Å². The van der Waals surface area contributed by atoms with Gasteiger partial charge in [-0.3, -0.25) is 0 Å². The summed E-state index contributed by atoms with van der Waals surface area (Å²) in [7, 11) is 2.13. The van der Waals surface area contributed by atoms with Crippen LogP contribution in [0.3, 0.4) is 0 Å². The molecule has 86 valence electrons. The van der Waals surface area contributed by atoms with Gasteiger partial charge in [-0.05, 0) is 25.7 Å². The standard InChI is InChI=1S/C12H17N3S/c1-3-15(2)9-8-13-12-14-10-6-4-5-7-11(10)16-12/h4-7H,3,8-9H2,1-2H3,(H,13,14). The van der Waals surface area contributed by atoms with Crippen molar-refractivity contribution in [3.8, 4) is 0 Å². The van der Waals surface area contributed by atoms with Gasteiger partial charge in [-0.25, -0.2) is 4.98 Å². The fourth-order valence-corrected chi connectivity index (χ4v) is 2.35. The lowest BCUT2D eigenvalue weighted by atomic mass is 10.3. The molecule has 0 amide bonds. The van der Waals surface area contributed by atoms with Crippen molar-refractivity contribution in [2.24, 2.45) is 0 Å². The highest BCUT2D eigenvalue weighted by Crippen LogP contribution is 2.24. The van der Waals surface area contributed by atoms with Crippen LogP contribution in [0, 0.1) is 0 Å². The zero-order valence-electron chi connectivity index (χ0n) is 9.73. The maximum absolute atomic E-state index is 4.52. The minimum absolute atomic E-state index is 0.949. The molecule has 0 aliphatic heterocycles. The van der Waals surface area contributed by atoms with Crippen LogP contribution in [-0.4, -0.2) is 36.6 Å². The van der Waals surface area contributed by atoms with Crippen LogP contribution in [0.1, 0.15) is 6.92 Å². The van der Waals surface area contributed by atoms with Crippen molar-refractivity contribution < 1.29 is 0 Å². The number of hydrogen-bond acceptors (Lipinski definition) is 4. The molecule has 0 spiro atoms. The number of benzene rings is 1. The summed E-state index contributed by atoms with van der Waals surface area (Å²) in [5.74, 6) is 0. The summed E-state index contributed by atoms with van der Waals surface area (Å²) in [4.78, 5) is 6.80. The lowest BCUT2D eigenvalue weighted by molar-refractivity contribution is 0.367. The van der Waals surface area contributed by atoms with Gasteiger partial charge in [0.2, 0.25) is 0 Å². The number of hydrogen-bond donors (Lipinski definition) is 1. The molecule has 0 unspecified atom stereocenters. The quantitative estimate of drug-likeness (QED) is 0.863. The first-order chi connectivity index (χ1) is 7.79. The molecule has 1 heterocycles. The number of likely N-dealkylation sites (N-methyl/N-ethyl adjacent to an activating group) is 1. The minimum Gasteiger partial charge on any atom is -0.360 e. The predicted octanol–water partition coefficient (Wildman–Crippen LogP) is 2.66. The summed E-state index contributed by atoms with van der Waals surface area (Å²) in [6.45, 7) is 5.25. The van der Waals surface area contributed by atoms with E-state index in [1.807, 2.05) is 6.07 Å². The van der Waals surface area contributed by atoms with Crippen LogP contribution in [0.15, 0.2) is 24.3 Å². The van der Waals surface area contributed by atoms with Crippen LogP contribution in [0.2, 0.25) is 0 Å². The van der Waals surface area contributed by atoms with Crippen LogP contribution >= 0.6 is 11.3 Å². The number of aromatic nitrogens is 1. The van der Waals surface area contributed by atoms with Gasteiger partial charge in [-0.15, -0.1) is 0 Å². The Balaban J connectivity index is 1.94. The van der Waals surface area contributed by atoms with Gasteiger partial charge >= 0.3 is 0 Å². The van der Waals surface area contributed by atoms with E-state index in [0.29, 0.717) is 0 Å². The van der Waals surface area contributed by atoms with E-state index in [9.17, 15) is 0 Å². The SMILES string of the molecule is CCN(C)CCNc1nc2ccccc2s1. The molecule has 0 fully saturated rings. The first-order valence-corrected chi connectivity index (χ1v) is 6.39. The Labute approximate surface area is 100 Å². The number of rotatable bonds is 5. The Morgan fingerprint density at radius 3 is 2.94 bits per heavy atom. The average Bonchev–Trinajstić information content (AvgIpc) is 2.71. The molecule has 0 aliphatic rings. The third-order valence-electron chi connectivity index (χ3n) is 2.60. The first-order valence-electron chi connectivity index (χ1n) is 5.57. The van der Waals surface area contributed by atoms with Crippen LogP contribution < -0.4 is 5.32 Å². The van der Waals surface area contributed by atoms with Gasteiger partial charge in [0.05, 0.1) is 10.2 Å². The van der Waals surface area contributed by atoms with Crippen molar-refractivity contribution in [1.82, 2.24) is 9.88 Å². The summed E-state index contributed by atoms with van der Waals surface area (Å²) in [5, 5.41) is 4.38. The van der Waals surface area contributed by atoms with E-state index in [0.717, 1.165) is 30.3 Å². The van der Waals surface area contributed by atoms with E-state index in [1.54, 1.807) is 11.3 Å². The number of para-hydroxylation sites is 1. The van der Waals surface area contributed by atoms with Crippen LogP contribution in [0.5, 0.6) is 0 Å². The molecule has 0 saturated carbocycles. The number of nitrogens with zero attached hydrogens (tertiary/aromatic N) is 2. The zero-order valence-corrected chi connectivity index (χ0v) is 10.5. The molecule has 3 nitrogen and oxygen atoms in total. The van der Waals surface area contributed by atoms with Crippen molar-refractivity contribution in [3.63, 3.8) is 0 Å². The maximum Gasteiger partial charge on any atom is 0.183 e. The second-order valence-electron chi connectivity index (χ2n) is 3.81. The lowest BCUT2D eigenvalue weighted by Gasteiger charge is -2.13. The van der Waals surface area contributed by atoms with Crippen molar-refractivity contribution in [2.45, 2.75) is 6.92 Å². The Kier molecular flexibility index (Phi) is 3.74. The number of anilines is 1. The van der Waals surface area contributed by atoms with E-state index in [2.05, 4.69) is 47.4 Å². The molecule has 16 heavy (non-hydrogen) atoms. The van der Waals surface area contributed by atoms with Crippen LogP contribution in [0.25, 0.3) is 10.2 Å². The molecule has 0 aliphatic carbocycles. The zero-order chi connectivity index (χ0) is 11.4. The van der Waals surface area contributed by atoms with Gasteiger partial charge in [0, 0.05) is 13.1 Å². The molecule has 0 saturated heterocycles. The Hall–Kier alpha value is -1.13. The molecular formula is C12H17N3S. The highest BCUT2D eigenvalue weighted by molar-refractivity contribution is 7.22. The van der Waals surface area contributed by atoms with E-state index < -0.39 is 0 Å². The molecule has 2 rings (SSSR count). The van der Waals surface area contributed by atoms with E-state index in [1.165, 1.54) is 4.70 Å². The van der Waals surface area contributed by atoms with Gasteiger partial charge < -0.3 is 10.2 Å². The largest absolute Gasteiger partial charge is 0.360 e. The summed E-state index contributed by atoms with van der Waals surface area (Å²) < 4.78 is 1.24. The molecule has 0 radical (unpaired) electrons. The Bertz CT molecular complexity index is 419. The van der Waals surface area contributed by atoms with Crippen molar-refractivity contribution in [3.05, 3.63) is 24.3 Å². The third kappa shape index (κ3) is 2.71. The Morgan fingerprint density at radius 1 is 1.38 bits per heavy atom. The molecule has 4 heteroatoms. The van der Waals surface area contributed by atoms with E-state index >= 15 is 0 Å². The summed E-state index contributed by atoms with van der Waals surface area (Å²) in [6, 6.07) is 8.23. The fraction of sp³-hybridized carbons (Fsp3) is 0.417. The minimum atomic E-state index is 0.949. The van der Waals surface area contributed by atoms with Gasteiger partial charge in [0.25, 0.3) is 0 Å². The predicted molar refractivity (Wildman–Crippen MR) is 71.3 cm³/mol. The molecule has 0 atom stereocenters. The van der Waals surface area contributed by atoms with E-state index in [4.69, 9.17) is 0 Å². The fourth-order valence-electron chi connectivity index (χ4n) is 1.46. The second kappa shape index (κ2) is 5.27. The third-order valence-corrected chi connectivity index (χ3v) is 3.60. The summed E-state index contributed by atoms with van der Waals surface area (Å²) in [6.07, 6.45) is 0. The normalized spacial score (nSPS) is 11.2. The molecule has 1 aromatic carbocycles. The van der Waals surface area contributed by atoms with Gasteiger partial charge in [-0.2, -0.15) is 0 Å². The van der Waals surface area contributed by atoms with Gasteiger partial charge in [0.15, 0.2) is 5.13 Å². The monoisotopic (exact) mass is 235 g/mol. The maximum atomic E-state index is 4.52. The smallest absolute Gasteiger partial charge is 0.183 e. The number of thiazole rings is 1. The first kappa shape index (κ1) is 11.4. The molecule has 0 bridgehead atoms. The molecular weight excluding hydrogens is 218 g/mol. The average molecular weight is 235 g/mol. The number of fused-ring (bicyclic) bond motifs is 1. The summed E-state index contributed by atoms with van der Waals surface area (Å²) in [5.41, 5.74) is 1.08. The molecule has 2 aromatic rings. The number of nitrogens with one attached hydrogen (secondary N) is 1. The van der Waals surface area contributed by atoms with Crippen LogP contribution in [0.4, 0.5) is 5.13 Å². The highest BCUT2D eigenvalue weighted by Gasteiger charge is 2.02. The van der Waals surface area contributed by atoms with E-state index in [-0.39, 0.29) is 0 Å². The molecule has 1 aromatic heterocycles. The van der Waals surface area contributed by atoms with Gasteiger partial charge in [0.1, 0.15) is 0 Å². The van der Waals surface area contributed by atoms with Gasteiger partial charge in [-0.1, -0.05) is 30.4 Å². The van der Waals surface area contributed by atoms with Crippen LogP contribution in [-0.2, 0) is 0 Å². The second-order valence-corrected chi connectivity index (χ2v) is 4.84. The Morgan fingerprint density at radius 2 is 2.19 bits per heavy atom. The van der Waals surface area contributed by atoms with Crippen molar-refractivity contribution in [2.75, 3.05) is 32.0 Å². The lowest BCUT2D eigenvalue weighted by Crippen LogP contribution is -2.24. The summed E-state index contributed by atoms with van der Waals surface area (Å²) >= 11 is 1.72.